The number of nitrogen functional groups attached to an aromatic ring is 1. The predicted octanol–water partition coefficient (Wildman–Crippen LogP) is 0.938. The molecule has 1 aromatic heterocycles. The van der Waals surface area contributed by atoms with Gasteiger partial charge in [0.1, 0.15) is 11.3 Å². The molecule has 6 nitrogen and oxygen atoms in total. The van der Waals surface area contributed by atoms with E-state index in [2.05, 4.69) is 4.98 Å². The van der Waals surface area contributed by atoms with Crippen LogP contribution >= 0.6 is 0 Å². The van der Waals surface area contributed by atoms with Crippen LogP contribution in [0.15, 0.2) is 4.79 Å². The second-order valence-electron chi connectivity index (χ2n) is 4.89. The van der Waals surface area contributed by atoms with Crippen molar-refractivity contribution in [1.82, 2.24) is 9.55 Å². The first-order valence-electron chi connectivity index (χ1n) is 6.41. The van der Waals surface area contributed by atoms with Crippen molar-refractivity contribution in [3.8, 4) is 0 Å². The molecular formula is C13H17N3O3. The van der Waals surface area contributed by atoms with Gasteiger partial charge in [-0.15, -0.1) is 0 Å². The van der Waals surface area contributed by atoms with E-state index in [1.807, 2.05) is 6.92 Å². The van der Waals surface area contributed by atoms with Gasteiger partial charge in [0.2, 0.25) is 5.95 Å². The third-order valence-corrected chi connectivity index (χ3v) is 3.54. The number of aromatic nitrogens is 2. The summed E-state index contributed by atoms with van der Waals surface area (Å²) in [5.41, 5.74) is 4.88. The molecule has 0 fully saturated rings. The molecule has 1 aliphatic rings. The monoisotopic (exact) mass is 263 g/mol. The Labute approximate surface area is 110 Å². The maximum absolute atomic E-state index is 12.3. The van der Waals surface area contributed by atoms with Gasteiger partial charge in [-0.25, -0.2) is 4.98 Å². The molecule has 1 atom stereocenters. The molecule has 1 heterocycles. The Morgan fingerprint density at radius 3 is 2.68 bits per heavy atom. The van der Waals surface area contributed by atoms with E-state index < -0.39 is 11.5 Å². The molecule has 0 spiro atoms. The van der Waals surface area contributed by atoms with Crippen LogP contribution in [0.2, 0.25) is 0 Å². The summed E-state index contributed by atoms with van der Waals surface area (Å²) in [6.45, 7) is 2.02. The molecule has 2 rings (SSSR count). The molecule has 6 heteroatoms. The van der Waals surface area contributed by atoms with Crippen LogP contribution in [0.5, 0.6) is 0 Å². The molecule has 0 radical (unpaired) electrons. The number of hydrogen-bond acceptors (Lipinski definition) is 5. The topological polar surface area (TPSA) is 95.1 Å². The van der Waals surface area contributed by atoms with Crippen LogP contribution in [0.3, 0.4) is 0 Å². The van der Waals surface area contributed by atoms with Gasteiger partial charge < -0.3 is 5.73 Å². The van der Waals surface area contributed by atoms with E-state index >= 15 is 0 Å². The zero-order chi connectivity index (χ0) is 14.2. The summed E-state index contributed by atoms with van der Waals surface area (Å²) in [6.07, 6.45) is 2.57. The first-order chi connectivity index (χ1) is 8.97. The lowest BCUT2D eigenvalue weighted by Gasteiger charge is -2.21. The van der Waals surface area contributed by atoms with Crippen LogP contribution in [0.25, 0.3) is 0 Å². The van der Waals surface area contributed by atoms with Gasteiger partial charge in [0.25, 0.3) is 5.56 Å². The van der Waals surface area contributed by atoms with Crippen LogP contribution < -0.4 is 11.3 Å². The summed E-state index contributed by atoms with van der Waals surface area (Å²) in [6, 6.07) is 0. The minimum absolute atomic E-state index is 0.0445. The van der Waals surface area contributed by atoms with Gasteiger partial charge in [-0.05, 0) is 6.42 Å². The molecule has 19 heavy (non-hydrogen) atoms. The molecule has 2 N–H and O–H groups in total. The fraction of sp³-hybridized carbons (Fsp3) is 0.538. The van der Waals surface area contributed by atoms with Crippen LogP contribution in [-0.4, -0.2) is 21.1 Å². The smallest absolute Gasteiger partial charge is 0.266 e. The number of fused-ring (bicyclic) bond motifs is 1. The van der Waals surface area contributed by atoms with Gasteiger partial charge in [-0.1, -0.05) is 19.8 Å². The largest absolute Gasteiger partial charge is 0.369 e. The van der Waals surface area contributed by atoms with Crippen molar-refractivity contribution >= 4 is 17.5 Å². The van der Waals surface area contributed by atoms with E-state index in [-0.39, 0.29) is 35.2 Å². The quantitative estimate of drug-likeness (QED) is 0.875. The molecule has 1 aliphatic carbocycles. The Morgan fingerprint density at radius 1 is 1.37 bits per heavy atom. The number of anilines is 1. The summed E-state index contributed by atoms with van der Waals surface area (Å²) in [4.78, 5) is 40.3. The summed E-state index contributed by atoms with van der Waals surface area (Å²) in [5, 5.41) is 0. The van der Waals surface area contributed by atoms with Crippen LogP contribution in [-0.2, 0) is 7.05 Å². The maximum Gasteiger partial charge on any atom is 0.266 e. The van der Waals surface area contributed by atoms with Crippen LogP contribution in [0, 0.1) is 5.92 Å². The van der Waals surface area contributed by atoms with Crippen molar-refractivity contribution < 1.29 is 9.59 Å². The van der Waals surface area contributed by atoms with E-state index in [1.165, 1.54) is 7.05 Å². The van der Waals surface area contributed by atoms with Crippen molar-refractivity contribution in [2.45, 2.75) is 32.6 Å². The number of nitrogens with zero attached hydrogens (tertiary/aromatic N) is 2. The zero-order valence-electron chi connectivity index (χ0n) is 11.1. The summed E-state index contributed by atoms with van der Waals surface area (Å²) >= 11 is 0. The van der Waals surface area contributed by atoms with Gasteiger partial charge in [0.05, 0.1) is 0 Å². The third kappa shape index (κ3) is 2.18. The molecule has 1 aromatic rings. The highest BCUT2D eigenvalue weighted by Crippen LogP contribution is 2.26. The van der Waals surface area contributed by atoms with Crippen molar-refractivity contribution in [3.63, 3.8) is 0 Å². The predicted molar refractivity (Wildman–Crippen MR) is 70.2 cm³/mol. The number of Topliss-reactive ketones (excluding diaryl/α,β-unsaturated/α-hetero) is 2. The Bertz CT molecular complexity index is 604. The van der Waals surface area contributed by atoms with Crippen molar-refractivity contribution in [2.24, 2.45) is 13.0 Å². The number of unbranched alkanes of at least 4 members (excludes halogenated alkanes) is 1. The summed E-state index contributed by atoms with van der Waals surface area (Å²) in [5.74, 6) is -0.966. The van der Waals surface area contributed by atoms with E-state index in [9.17, 15) is 14.4 Å². The minimum Gasteiger partial charge on any atom is -0.369 e. The average Bonchev–Trinajstić information content (AvgIpc) is 2.38. The molecule has 1 unspecified atom stereocenters. The SMILES string of the molecule is CCCCC1CC(=O)c2nc(N)n(C)c(=O)c2C1=O. The number of hydrogen-bond donors (Lipinski definition) is 1. The van der Waals surface area contributed by atoms with Gasteiger partial charge >= 0.3 is 0 Å². The second kappa shape index (κ2) is 4.95. The van der Waals surface area contributed by atoms with Crippen molar-refractivity contribution in [3.05, 3.63) is 21.6 Å². The lowest BCUT2D eigenvalue weighted by atomic mass is 9.82. The highest BCUT2D eigenvalue weighted by molar-refractivity contribution is 6.13. The standard InChI is InChI=1S/C13H17N3O3/c1-3-4-5-7-6-8(17)10-9(11(7)18)12(19)16(2)13(14)15-10/h7H,3-6H2,1-2H3,(H2,14,15). The van der Waals surface area contributed by atoms with Crippen molar-refractivity contribution in [1.29, 1.82) is 0 Å². The number of carbonyl (C=O) groups is 2. The van der Waals surface area contributed by atoms with Crippen LogP contribution in [0.4, 0.5) is 5.95 Å². The first kappa shape index (κ1) is 13.5. The number of carbonyl (C=O) groups excluding carboxylic acids is 2. The van der Waals surface area contributed by atoms with E-state index in [4.69, 9.17) is 5.73 Å². The molecule has 102 valence electrons. The lowest BCUT2D eigenvalue weighted by Crippen LogP contribution is -2.38. The van der Waals surface area contributed by atoms with Gasteiger partial charge in [0.15, 0.2) is 11.6 Å². The Hall–Kier alpha value is -1.98. The van der Waals surface area contributed by atoms with Crippen LogP contribution in [0.1, 0.15) is 53.5 Å². The number of nitrogens with two attached hydrogens (primary N) is 1. The maximum atomic E-state index is 12.3. The number of ketones is 2. The normalized spacial score (nSPS) is 18.5. The third-order valence-electron chi connectivity index (χ3n) is 3.54. The Balaban J connectivity index is 2.52. The van der Waals surface area contributed by atoms with Gasteiger partial charge in [-0.2, -0.15) is 0 Å². The van der Waals surface area contributed by atoms with E-state index in [1.54, 1.807) is 0 Å². The zero-order valence-corrected chi connectivity index (χ0v) is 11.1. The highest BCUT2D eigenvalue weighted by atomic mass is 16.2. The molecule has 0 saturated carbocycles. The fourth-order valence-electron chi connectivity index (χ4n) is 2.34. The number of rotatable bonds is 3. The average molecular weight is 263 g/mol. The summed E-state index contributed by atoms with van der Waals surface area (Å²) in [7, 11) is 1.44. The van der Waals surface area contributed by atoms with Gasteiger partial charge in [-0.3, -0.25) is 19.0 Å². The molecule has 0 saturated heterocycles. The molecule has 0 aromatic carbocycles. The Kier molecular flexibility index (Phi) is 3.50. The van der Waals surface area contributed by atoms with E-state index in [0.29, 0.717) is 6.42 Å². The first-order valence-corrected chi connectivity index (χ1v) is 6.41. The van der Waals surface area contributed by atoms with Crippen molar-refractivity contribution in [2.75, 3.05) is 5.73 Å². The Morgan fingerprint density at radius 2 is 2.05 bits per heavy atom. The lowest BCUT2D eigenvalue weighted by molar-refractivity contribution is 0.0808. The van der Waals surface area contributed by atoms with E-state index in [0.717, 1.165) is 17.4 Å². The molecule has 0 amide bonds. The summed E-state index contributed by atoms with van der Waals surface area (Å²) < 4.78 is 1.10. The minimum atomic E-state index is -0.526. The molecule has 0 bridgehead atoms. The second-order valence-corrected chi connectivity index (χ2v) is 4.89. The molecule has 0 aliphatic heterocycles. The van der Waals surface area contributed by atoms with Gasteiger partial charge in [0, 0.05) is 19.4 Å². The fourth-order valence-corrected chi connectivity index (χ4v) is 2.34. The molecular weight excluding hydrogens is 246 g/mol. The highest BCUT2D eigenvalue weighted by Gasteiger charge is 2.36.